The van der Waals surface area contributed by atoms with E-state index >= 15 is 8.78 Å². The monoisotopic (exact) mass is 1370 g/mol. The van der Waals surface area contributed by atoms with Crippen molar-refractivity contribution in [3.63, 3.8) is 0 Å². The molecule has 4 aliphatic carbocycles. The Labute approximate surface area is 613 Å². The molecule has 0 atom stereocenters. The lowest BCUT2D eigenvalue weighted by Crippen LogP contribution is -1.93. The third kappa shape index (κ3) is 8.81. The second-order valence-corrected chi connectivity index (χ2v) is 28.5. The molecule has 2 heterocycles. The van der Waals surface area contributed by atoms with E-state index in [1.165, 1.54) is 133 Å². The molecule has 0 spiro atoms. The van der Waals surface area contributed by atoms with Crippen LogP contribution in [0, 0.1) is 30.2 Å². The molecule has 498 valence electrons. The second kappa shape index (κ2) is 23.2. The number of benzene rings is 17. The van der Waals surface area contributed by atoms with Crippen molar-refractivity contribution >= 4 is 64.9 Å². The zero-order valence-electron chi connectivity index (χ0n) is 57.5. The van der Waals surface area contributed by atoms with Gasteiger partial charge < -0.3 is 0 Å². The van der Waals surface area contributed by atoms with E-state index in [-0.39, 0.29) is 0 Å². The van der Waals surface area contributed by atoms with Crippen molar-refractivity contribution in [3.05, 3.63) is 350 Å². The number of hydrogen-bond acceptors (Lipinski definition) is 2. The van der Waals surface area contributed by atoms with Gasteiger partial charge in [0.1, 0.15) is 23.3 Å². The Kier molecular flexibility index (Phi) is 13.2. The van der Waals surface area contributed by atoms with Crippen molar-refractivity contribution in [3.8, 4) is 167 Å². The predicted octanol–water partition coefficient (Wildman–Crippen LogP) is 28.2. The van der Waals surface area contributed by atoms with Crippen LogP contribution in [0.15, 0.2) is 322 Å². The van der Waals surface area contributed by atoms with Crippen molar-refractivity contribution < 1.29 is 17.6 Å². The average molecular weight is 1370 g/mol. The molecule has 17 aromatic carbocycles. The Morgan fingerprint density at radius 3 is 0.897 bits per heavy atom. The van der Waals surface area contributed by atoms with Crippen LogP contribution < -0.4 is 0 Å². The van der Waals surface area contributed by atoms with Crippen molar-refractivity contribution in [2.45, 2.75) is 6.92 Å². The second-order valence-electron chi connectivity index (χ2n) is 28.5. The van der Waals surface area contributed by atoms with Gasteiger partial charge in [-0.05, 0) is 208 Å². The normalized spacial score (nSPS) is 12.2. The van der Waals surface area contributed by atoms with Gasteiger partial charge in [-0.2, -0.15) is 0 Å². The predicted molar refractivity (Wildman–Crippen MR) is 434 cm³/mol. The summed E-state index contributed by atoms with van der Waals surface area (Å²) in [5.41, 5.74) is 32.7. The summed E-state index contributed by atoms with van der Waals surface area (Å²) in [6.45, 7) is 1.94. The molecule has 0 radical (unpaired) electrons. The summed E-state index contributed by atoms with van der Waals surface area (Å²) >= 11 is 0. The minimum absolute atomic E-state index is 0.424. The number of aryl methyl sites for hydroxylation is 1. The number of aromatic nitrogens is 2. The fourth-order valence-corrected chi connectivity index (χ4v) is 18.7. The Balaban J connectivity index is 0.000000134. The van der Waals surface area contributed by atoms with Crippen LogP contribution in [0.25, 0.3) is 232 Å². The number of rotatable bonds is 7. The van der Waals surface area contributed by atoms with Gasteiger partial charge in [-0.3, -0.25) is 4.98 Å². The van der Waals surface area contributed by atoms with E-state index in [1.807, 2.05) is 61.5 Å². The van der Waals surface area contributed by atoms with Gasteiger partial charge in [-0.1, -0.05) is 285 Å². The number of nitrogens with zero attached hydrogens (tertiary/aromatic N) is 2. The van der Waals surface area contributed by atoms with E-state index in [9.17, 15) is 8.78 Å². The average Bonchev–Trinajstić information content (AvgIpc) is 1.64. The fraction of sp³-hybridized carbons (Fsp3) is 0.00990. The van der Waals surface area contributed by atoms with Gasteiger partial charge in [0.25, 0.3) is 0 Å². The highest BCUT2D eigenvalue weighted by molar-refractivity contribution is 6.32. The first kappa shape index (κ1) is 60.9. The van der Waals surface area contributed by atoms with Crippen LogP contribution in [0.3, 0.4) is 0 Å². The Morgan fingerprint density at radius 1 is 0.196 bits per heavy atom. The lowest BCUT2D eigenvalue weighted by Gasteiger charge is -2.20. The van der Waals surface area contributed by atoms with Gasteiger partial charge in [0.2, 0.25) is 0 Å². The van der Waals surface area contributed by atoms with Gasteiger partial charge in [-0.25, -0.2) is 22.5 Å². The highest BCUT2D eigenvalue weighted by atomic mass is 19.1. The summed E-state index contributed by atoms with van der Waals surface area (Å²) in [5.74, 6) is -2.28. The largest absolute Gasteiger partial charge is 0.252 e. The number of pyridine rings is 2. The van der Waals surface area contributed by atoms with Crippen molar-refractivity contribution in [2.24, 2.45) is 0 Å². The molecule has 107 heavy (non-hydrogen) atoms. The van der Waals surface area contributed by atoms with Gasteiger partial charge in [0.05, 0.1) is 16.7 Å². The summed E-state index contributed by atoms with van der Waals surface area (Å²) in [5, 5.41) is 11.3. The van der Waals surface area contributed by atoms with Crippen LogP contribution in [0.2, 0.25) is 0 Å². The van der Waals surface area contributed by atoms with Crippen LogP contribution in [0.4, 0.5) is 17.6 Å². The molecule has 23 rings (SSSR count). The maximum Gasteiger partial charge on any atom is 0.134 e. The van der Waals surface area contributed by atoms with Gasteiger partial charge >= 0.3 is 0 Å². The van der Waals surface area contributed by atoms with E-state index in [2.05, 4.69) is 243 Å². The SMILES string of the molecule is Cc1cc2c3c(ccc(-c4ccc5c6c(cccc46)-c4c-5c(-c5ccccc5)c5ccccc5c4-c4ccccc4)c3n1)-c1cc(F)cc(F)c1-2.Fc1cc(F)c2c(c1)-c1ccc(-c3ccc4c5c(cccc35)-c3c-4c(-c4ccccc4)c4ccccc4c3-c3ccccc3)c3nc(-c4ccccc4)cc-2c13. The number of fused-ring (bicyclic) bond motifs is 14. The summed E-state index contributed by atoms with van der Waals surface area (Å²) < 4.78 is 60.5. The first-order valence-electron chi connectivity index (χ1n) is 36.2. The maximum absolute atomic E-state index is 15.8. The zero-order chi connectivity index (χ0) is 71.0. The standard InChI is InChI=1S/C53H29F2N.C48H27F2N/c54-33-27-42-38-24-25-39(53-50(38)43(49(42)44(55)28-33)29-45(56-53)30-13-4-1-5-14-30)34-23-26-41-48-35(34)21-12-22-40(48)51-46(31-15-6-2-7-16-31)36-19-10-11-20-37(36)47(52(41)51)32-17-8-3-9-18-32;1-26-23-39-44-38(24-29(49)25-40(44)50)34-20-21-35(48(51-26)45(34)39)30-19-22-37-43-31(30)17-10-18-36(43)46-41(27-11-4-2-5-12-27)32-15-8-9-16-33(32)42(47(37)46)28-13-6-3-7-14-28/h1-29H;2-25H,1H3. The molecule has 0 saturated carbocycles. The molecule has 19 aromatic rings. The van der Waals surface area contributed by atoms with Crippen LogP contribution in [-0.2, 0) is 0 Å². The third-order valence-electron chi connectivity index (χ3n) is 22.8. The molecule has 0 aliphatic heterocycles. The van der Waals surface area contributed by atoms with Crippen molar-refractivity contribution in [1.82, 2.24) is 9.97 Å². The topological polar surface area (TPSA) is 25.8 Å². The highest BCUT2D eigenvalue weighted by Gasteiger charge is 2.36. The molecular formula is C101H56F4N2. The Morgan fingerprint density at radius 2 is 0.505 bits per heavy atom. The van der Waals surface area contributed by atoms with Crippen LogP contribution in [0.1, 0.15) is 5.69 Å². The van der Waals surface area contributed by atoms with Crippen LogP contribution in [-0.4, -0.2) is 9.97 Å². The van der Waals surface area contributed by atoms with E-state index in [1.54, 1.807) is 0 Å². The molecule has 0 bridgehead atoms. The highest BCUT2D eigenvalue weighted by Crippen LogP contribution is 2.62. The quantitative estimate of drug-likeness (QED) is 0.149. The lowest BCUT2D eigenvalue weighted by molar-refractivity contribution is 0.586. The summed E-state index contributed by atoms with van der Waals surface area (Å²) in [6.07, 6.45) is 0. The first-order chi connectivity index (χ1) is 52.7. The molecule has 0 saturated heterocycles. The minimum atomic E-state index is -0.591. The molecule has 4 aliphatic rings. The van der Waals surface area contributed by atoms with E-state index < -0.39 is 23.3 Å². The molecule has 2 nitrogen and oxygen atoms in total. The Hall–Kier alpha value is -13.7. The molecule has 0 unspecified atom stereocenters. The van der Waals surface area contributed by atoms with Gasteiger partial charge in [-0.15, -0.1) is 0 Å². The fourth-order valence-electron chi connectivity index (χ4n) is 18.7. The lowest BCUT2D eigenvalue weighted by atomic mass is 9.82. The summed E-state index contributed by atoms with van der Waals surface area (Å²) in [6, 6.07) is 110. The Bertz CT molecular complexity index is 6950. The first-order valence-corrected chi connectivity index (χ1v) is 36.2. The molecular weight excluding hydrogens is 1320 g/mol. The minimum Gasteiger partial charge on any atom is -0.252 e. The smallest absolute Gasteiger partial charge is 0.134 e. The van der Waals surface area contributed by atoms with Crippen LogP contribution >= 0.6 is 0 Å². The van der Waals surface area contributed by atoms with E-state index in [0.717, 1.165) is 106 Å². The van der Waals surface area contributed by atoms with Gasteiger partial charge in [0, 0.05) is 56.4 Å². The van der Waals surface area contributed by atoms with Crippen molar-refractivity contribution in [2.75, 3.05) is 0 Å². The van der Waals surface area contributed by atoms with Crippen LogP contribution in [0.5, 0.6) is 0 Å². The third-order valence-corrected chi connectivity index (χ3v) is 22.8. The summed E-state index contributed by atoms with van der Waals surface area (Å²) in [4.78, 5) is 10.4. The van der Waals surface area contributed by atoms with E-state index in [0.29, 0.717) is 22.3 Å². The molecule has 0 amide bonds. The van der Waals surface area contributed by atoms with Gasteiger partial charge in [0.15, 0.2) is 0 Å². The number of hydrogen-bond donors (Lipinski definition) is 0. The van der Waals surface area contributed by atoms with E-state index in [4.69, 9.17) is 9.97 Å². The molecule has 2 aromatic heterocycles. The maximum atomic E-state index is 15.8. The molecule has 6 heteroatoms. The number of halogens is 4. The molecule has 0 fully saturated rings. The summed E-state index contributed by atoms with van der Waals surface area (Å²) in [7, 11) is 0. The molecule has 0 N–H and O–H groups in total. The zero-order valence-corrected chi connectivity index (χ0v) is 57.5. The van der Waals surface area contributed by atoms with Crippen molar-refractivity contribution in [1.29, 1.82) is 0 Å².